The molecule has 0 aliphatic rings. The van der Waals surface area contributed by atoms with Crippen LogP contribution in [0.5, 0.6) is 5.75 Å². The predicted molar refractivity (Wildman–Crippen MR) is 131 cm³/mol. The molecule has 3 aromatic carbocycles. The van der Waals surface area contributed by atoms with E-state index in [4.69, 9.17) is 9.47 Å². The molecule has 0 N–H and O–H groups in total. The Morgan fingerprint density at radius 3 is 2.06 bits per heavy atom. The topological polar surface area (TPSA) is 55.8 Å². The Morgan fingerprint density at radius 2 is 1.45 bits per heavy atom. The normalized spacial score (nSPS) is 10.5. The van der Waals surface area contributed by atoms with Gasteiger partial charge in [-0.05, 0) is 54.3 Å². The zero-order valence-corrected chi connectivity index (χ0v) is 19.3. The molecule has 0 spiro atoms. The fourth-order valence-electron chi connectivity index (χ4n) is 3.47. The first kappa shape index (κ1) is 24.1. The van der Waals surface area contributed by atoms with E-state index in [1.807, 2.05) is 59.5 Å². The molecule has 33 heavy (non-hydrogen) atoms. The number of carbonyl (C=O) groups is 2. The van der Waals surface area contributed by atoms with E-state index in [1.165, 1.54) is 0 Å². The highest BCUT2D eigenvalue weighted by molar-refractivity contribution is 5.93. The lowest BCUT2D eigenvalue weighted by Gasteiger charge is -2.23. The number of esters is 1. The number of rotatable bonds is 11. The second kappa shape index (κ2) is 12.4. The van der Waals surface area contributed by atoms with Crippen molar-refractivity contribution in [1.82, 2.24) is 0 Å². The van der Waals surface area contributed by atoms with Gasteiger partial charge in [0.1, 0.15) is 5.75 Å². The van der Waals surface area contributed by atoms with Crippen molar-refractivity contribution in [2.45, 2.75) is 39.7 Å². The van der Waals surface area contributed by atoms with Crippen LogP contribution in [-0.2, 0) is 20.9 Å². The molecule has 0 heterocycles. The molecule has 0 unspecified atom stereocenters. The van der Waals surface area contributed by atoms with E-state index in [-0.39, 0.29) is 18.5 Å². The van der Waals surface area contributed by atoms with E-state index >= 15 is 0 Å². The highest BCUT2D eigenvalue weighted by atomic mass is 16.6. The lowest BCUT2D eigenvalue weighted by molar-refractivity contribution is -0.145. The fraction of sp³-hybridized carbons (Fsp3) is 0.286. The molecule has 0 aliphatic carbocycles. The fourth-order valence-corrected chi connectivity index (χ4v) is 3.47. The molecule has 5 nitrogen and oxygen atoms in total. The Kier molecular flexibility index (Phi) is 9.07. The average molecular weight is 446 g/mol. The van der Waals surface area contributed by atoms with Crippen LogP contribution in [0, 0.1) is 0 Å². The minimum atomic E-state index is -0.380. The first-order valence-electron chi connectivity index (χ1n) is 11.4. The third-order valence-corrected chi connectivity index (χ3v) is 5.26. The van der Waals surface area contributed by atoms with Crippen molar-refractivity contribution in [3.63, 3.8) is 0 Å². The largest absolute Gasteiger partial charge is 0.482 e. The summed E-state index contributed by atoms with van der Waals surface area (Å²) in [4.78, 5) is 26.1. The van der Waals surface area contributed by atoms with Crippen molar-refractivity contribution in [1.29, 1.82) is 0 Å². The van der Waals surface area contributed by atoms with Gasteiger partial charge < -0.3 is 14.4 Å². The Bertz CT molecular complexity index is 1010. The molecule has 3 rings (SSSR count). The molecule has 172 valence electrons. The van der Waals surface area contributed by atoms with Gasteiger partial charge in [-0.2, -0.15) is 0 Å². The van der Waals surface area contributed by atoms with Crippen LogP contribution in [-0.4, -0.2) is 25.1 Å². The summed E-state index contributed by atoms with van der Waals surface area (Å²) < 4.78 is 10.3. The van der Waals surface area contributed by atoms with Crippen LogP contribution >= 0.6 is 0 Å². The molecule has 0 aliphatic heterocycles. The highest BCUT2D eigenvalue weighted by Gasteiger charge is 2.15. The molecule has 1 amide bonds. The lowest BCUT2D eigenvalue weighted by atomic mass is 10.0. The highest BCUT2D eigenvalue weighted by Crippen LogP contribution is 2.24. The van der Waals surface area contributed by atoms with E-state index < -0.39 is 0 Å². The number of carbonyl (C=O) groups excluding carboxylic acids is 2. The quantitative estimate of drug-likeness (QED) is 0.339. The van der Waals surface area contributed by atoms with Gasteiger partial charge in [-0.25, -0.2) is 4.79 Å². The van der Waals surface area contributed by atoms with Gasteiger partial charge in [-0.3, -0.25) is 4.79 Å². The van der Waals surface area contributed by atoms with Crippen LogP contribution < -0.4 is 9.64 Å². The average Bonchev–Trinajstić information content (AvgIpc) is 2.86. The summed E-state index contributed by atoms with van der Waals surface area (Å²) in [5.41, 5.74) is 4.10. The molecule has 0 radical (unpaired) electrons. The Morgan fingerprint density at radius 1 is 0.818 bits per heavy atom. The summed E-state index contributed by atoms with van der Waals surface area (Å²) in [6.07, 6.45) is 2.43. The molecule has 5 heteroatoms. The van der Waals surface area contributed by atoms with Gasteiger partial charge in [0.2, 0.25) is 5.91 Å². The number of para-hydroxylation sites is 1. The summed E-state index contributed by atoms with van der Waals surface area (Å²) in [6.45, 7) is 4.64. The maximum Gasteiger partial charge on any atom is 0.344 e. The van der Waals surface area contributed by atoms with E-state index in [0.717, 1.165) is 35.2 Å². The van der Waals surface area contributed by atoms with Crippen molar-refractivity contribution in [2.24, 2.45) is 0 Å². The van der Waals surface area contributed by atoms with Crippen molar-refractivity contribution in [2.75, 3.05) is 18.1 Å². The Hall–Kier alpha value is -3.60. The third kappa shape index (κ3) is 7.21. The molecule has 0 saturated heterocycles. The number of anilines is 1. The van der Waals surface area contributed by atoms with Gasteiger partial charge in [0.15, 0.2) is 6.61 Å². The van der Waals surface area contributed by atoms with Gasteiger partial charge in [0, 0.05) is 12.1 Å². The minimum Gasteiger partial charge on any atom is -0.482 e. The molecule has 0 bridgehead atoms. The summed E-state index contributed by atoms with van der Waals surface area (Å²) in [6, 6.07) is 25.7. The molecule has 0 aromatic heterocycles. The van der Waals surface area contributed by atoms with Crippen molar-refractivity contribution in [3.05, 3.63) is 84.4 Å². The van der Waals surface area contributed by atoms with Gasteiger partial charge in [0.25, 0.3) is 0 Å². The maximum absolute atomic E-state index is 12.8. The predicted octanol–water partition coefficient (Wildman–Crippen LogP) is 6.02. The summed E-state index contributed by atoms with van der Waals surface area (Å²) in [5, 5.41) is 0. The van der Waals surface area contributed by atoms with E-state index in [0.29, 0.717) is 25.3 Å². The van der Waals surface area contributed by atoms with Crippen LogP contribution in [0.3, 0.4) is 0 Å². The van der Waals surface area contributed by atoms with Crippen LogP contribution in [0.25, 0.3) is 11.1 Å². The molecular formula is C28H31NO4. The summed E-state index contributed by atoms with van der Waals surface area (Å²) in [7, 11) is 0. The second-order valence-corrected chi connectivity index (χ2v) is 7.73. The Balaban J connectivity index is 1.67. The van der Waals surface area contributed by atoms with Crippen LogP contribution in [0.2, 0.25) is 0 Å². The maximum atomic E-state index is 12.8. The zero-order chi connectivity index (χ0) is 23.5. The number of nitrogens with zero attached hydrogens (tertiary/aromatic N) is 1. The number of benzene rings is 3. The zero-order valence-electron chi connectivity index (χ0n) is 19.3. The number of ether oxygens (including phenoxy) is 2. The smallest absolute Gasteiger partial charge is 0.344 e. The summed E-state index contributed by atoms with van der Waals surface area (Å²) in [5.74, 6) is 0.382. The summed E-state index contributed by atoms with van der Waals surface area (Å²) >= 11 is 0. The van der Waals surface area contributed by atoms with E-state index in [2.05, 4.69) is 31.2 Å². The molecular weight excluding hydrogens is 414 g/mol. The first-order valence-corrected chi connectivity index (χ1v) is 11.4. The van der Waals surface area contributed by atoms with Gasteiger partial charge in [0.05, 0.1) is 13.2 Å². The number of hydrogen-bond acceptors (Lipinski definition) is 4. The molecule has 0 saturated carbocycles. The lowest BCUT2D eigenvalue weighted by Crippen LogP contribution is -2.30. The van der Waals surface area contributed by atoms with Gasteiger partial charge >= 0.3 is 5.97 Å². The third-order valence-electron chi connectivity index (χ3n) is 5.26. The number of amides is 1. The van der Waals surface area contributed by atoms with Crippen molar-refractivity contribution in [3.8, 4) is 16.9 Å². The minimum absolute atomic E-state index is 0.100. The van der Waals surface area contributed by atoms with Crippen LogP contribution in [0.4, 0.5) is 5.69 Å². The second-order valence-electron chi connectivity index (χ2n) is 7.73. The SMILES string of the molecule is CCCCC(=O)N(Cc1ccc(-c2ccc(OCC(=O)OCC)cc2)cc1)c1ccccc1. The molecule has 0 atom stereocenters. The van der Waals surface area contributed by atoms with E-state index in [1.54, 1.807) is 6.92 Å². The van der Waals surface area contributed by atoms with Crippen molar-refractivity contribution < 1.29 is 19.1 Å². The van der Waals surface area contributed by atoms with Gasteiger partial charge in [-0.1, -0.05) is 67.9 Å². The monoisotopic (exact) mass is 445 g/mol. The first-order chi connectivity index (χ1) is 16.1. The molecule has 3 aromatic rings. The number of hydrogen-bond donors (Lipinski definition) is 0. The van der Waals surface area contributed by atoms with Crippen molar-refractivity contribution >= 4 is 17.6 Å². The van der Waals surface area contributed by atoms with Gasteiger partial charge in [-0.15, -0.1) is 0 Å². The Labute approximate surface area is 196 Å². The molecule has 0 fully saturated rings. The van der Waals surface area contributed by atoms with E-state index in [9.17, 15) is 9.59 Å². The standard InChI is InChI=1S/C28H31NO4/c1-3-5-11-27(30)29(25-9-7-6-8-10-25)20-22-12-14-23(15-13-22)24-16-18-26(19-17-24)33-21-28(31)32-4-2/h6-10,12-19H,3-5,11,20-21H2,1-2H3. The van der Waals surface area contributed by atoms with Crippen LogP contribution in [0.15, 0.2) is 78.9 Å². The van der Waals surface area contributed by atoms with Crippen LogP contribution in [0.1, 0.15) is 38.7 Å². The number of unbranched alkanes of at least 4 members (excludes halogenated alkanes) is 1.